The number of hydrogen-bond donors (Lipinski definition) is 2. The van der Waals surface area contributed by atoms with Crippen molar-refractivity contribution in [1.82, 2.24) is 10.3 Å². The Morgan fingerprint density at radius 3 is 2.88 bits per heavy atom. The van der Waals surface area contributed by atoms with Crippen molar-refractivity contribution in [3.63, 3.8) is 0 Å². The maximum atomic E-state index is 12.2. The third kappa shape index (κ3) is 1.93. The van der Waals surface area contributed by atoms with Gasteiger partial charge in [-0.2, -0.15) is 0 Å². The zero-order valence-corrected chi connectivity index (χ0v) is 9.66. The molecule has 0 aromatic carbocycles. The van der Waals surface area contributed by atoms with E-state index in [1.54, 1.807) is 6.20 Å². The average molecular weight is 219 g/mol. The second-order valence-electron chi connectivity index (χ2n) is 4.52. The van der Waals surface area contributed by atoms with Crippen LogP contribution in [0, 0.1) is 18.8 Å². The van der Waals surface area contributed by atoms with E-state index in [0.717, 1.165) is 18.7 Å². The van der Waals surface area contributed by atoms with Gasteiger partial charge in [-0.25, -0.2) is 4.98 Å². The fourth-order valence-corrected chi connectivity index (χ4v) is 1.90. The van der Waals surface area contributed by atoms with Crippen molar-refractivity contribution in [2.45, 2.75) is 13.8 Å². The van der Waals surface area contributed by atoms with E-state index in [9.17, 15) is 4.79 Å². The van der Waals surface area contributed by atoms with Gasteiger partial charge in [0.1, 0.15) is 5.82 Å². The predicted octanol–water partition coefficient (Wildman–Crippen LogP) is 1.01. The second-order valence-corrected chi connectivity index (χ2v) is 4.52. The monoisotopic (exact) mass is 219 g/mol. The van der Waals surface area contributed by atoms with Crippen LogP contribution >= 0.6 is 0 Å². The number of hydrogen-bond acceptors (Lipinski definition) is 4. The minimum atomic E-state index is 0.0205. The molecule has 1 fully saturated rings. The summed E-state index contributed by atoms with van der Waals surface area (Å²) in [6.07, 6.45) is 1.68. The normalized spacial score (nSPS) is 17.9. The van der Waals surface area contributed by atoms with Crippen LogP contribution in [0.5, 0.6) is 0 Å². The number of carbonyl (C=O) groups excluding carboxylic acids is 1. The highest BCUT2D eigenvalue weighted by Crippen LogP contribution is 2.23. The number of ketones is 1. The van der Waals surface area contributed by atoms with Gasteiger partial charge < -0.3 is 11.1 Å². The Balaban J connectivity index is 2.22. The summed E-state index contributed by atoms with van der Waals surface area (Å²) in [4.78, 5) is 16.2. The lowest BCUT2D eigenvalue weighted by molar-refractivity contribution is 0.0854. The number of nitrogen functional groups attached to an aromatic ring is 1. The fourth-order valence-electron chi connectivity index (χ4n) is 1.90. The summed E-state index contributed by atoms with van der Waals surface area (Å²) < 4.78 is 0. The Kier molecular flexibility index (Phi) is 2.92. The fraction of sp³-hybridized carbons (Fsp3) is 0.500. The number of nitrogens with zero attached hydrogens (tertiary/aromatic N) is 1. The second kappa shape index (κ2) is 4.22. The largest absolute Gasteiger partial charge is 0.383 e. The van der Waals surface area contributed by atoms with E-state index in [4.69, 9.17) is 5.73 Å². The number of nitrogens with one attached hydrogen (secondary N) is 1. The molecular formula is C12H17N3O. The maximum Gasteiger partial charge on any atom is 0.169 e. The van der Waals surface area contributed by atoms with Crippen LogP contribution in [0.15, 0.2) is 12.3 Å². The average Bonchev–Trinajstić information content (AvgIpc) is 2.18. The number of aromatic nitrogens is 1. The van der Waals surface area contributed by atoms with Crippen LogP contribution in [0.2, 0.25) is 0 Å². The quantitative estimate of drug-likeness (QED) is 0.744. The molecule has 0 bridgehead atoms. The molecule has 1 aromatic heterocycles. The van der Waals surface area contributed by atoms with E-state index in [1.807, 2.05) is 19.9 Å². The van der Waals surface area contributed by atoms with Gasteiger partial charge in [-0.3, -0.25) is 4.79 Å². The standard InChI is InChI=1S/C12H17N3O/c1-7-3-10(12(13)15-4-7)11(16)8(2)9-5-14-6-9/h3-4,8-9,14H,5-6H2,1-2H3,(H2,13,15). The molecule has 1 aliphatic rings. The minimum absolute atomic E-state index is 0.0205. The molecule has 0 aliphatic carbocycles. The van der Waals surface area contributed by atoms with E-state index in [1.165, 1.54) is 0 Å². The van der Waals surface area contributed by atoms with E-state index < -0.39 is 0 Å². The Morgan fingerprint density at radius 2 is 2.31 bits per heavy atom. The van der Waals surface area contributed by atoms with Gasteiger partial charge in [0.15, 0.2) is 5.78 Å². The maximum absolute atomic E-state index is 12.2. The molecule has 1 atom stereocenters. The number of anilines is 1. The Labute approximate surface area is 95.3 Å². The van der Waals surface area contributed by atoms with Crippen molar-refractivity contribution in [2.24, 2.45) is 11.8 Å². The molecule has 0 radical (unpaired) electrons. The summed E-state index contributed by atoms with van der Waals surface area (Å²) >= 11 is 0. The third-order valence-electron chi connectivity index (χ3n) is 3.25. The van der Waals surface area contributed by atoms with Gasteiger partial charge in [0.2, 0.25) is 0 Å². The molecule has 1 unspecified atom stereocenters. The molecule has 0 spiro atoms. The Hall–Kier alpha value is -1.42. The molecule has 1 aromatic rings. The lowest BCUT2D eigenvalue weighted by Gasteiger charge is -2.31. The summed E-state index contributed by atoms with van der Waals surface area (Å²) in [5.41, 5.74) is 7.28. The zero-order chi connectivity index (χ0) is 11.7. The van der Waals surface area contributed by atoms with Crippen LogP contribution in [-0.2, 0) is 0 Å². The highest BCUT2D eigenvalue weighted by atomic mass is 16.1. The summed E-state index contributed by atoms with van der Waals surface area (Å²) in [5.74, 6) is 0.912. The summed E-state index contributed by atoms with van der Waals surface area (Å²) in [7, 11) is 0. The first-order chi connectivity index (χ1) is 7.59. The van der Waals surface area contributed by atoms with Crippen molar-refractivity contribution >= 4 is 11.6 Å². The van der Waals surface area contributed by atoms with Crippen molar-refractivity contribution < 1.29 is 4.79 Å². The van der Waals surface area contributed by atoms with Crippen LogP contribution in [0.4, 0.5) is 5.82 Å². The van der Waals surface area contributed by atoms with Gasteiger partial charge in [0.25, 0.3) is 0 Å². The molecule has 16 heavy (non-hydrogen) atoms. The first-order valence-electron chi connectivity index (χ1n) is 5.56. The third-order valence-corrected chi connectivity index (χ3v) is 3.25. The number of aryl methyl sites for hydroxylation is 1. The van der Waals surface area contributed by atoms with Gasteiger partial charge in [-0.15, -0.1) is 0 Å². The highest BCUT2D eigenvalue weighted by Gasteiger charge is 2.30. The minimum Gasteiger partial charge on any atom is -0.383 e. The Morgan fingerprint density at radius 1 is 1.62 bits per heavy atom. The number of nitrogens with two attached hydrogens (primary N) is 1. The highest BCUT2D eigenvalue weighted by molar-refractivity contribution is 6.01. The predicted molar refractivity (Wildman–Crippen MR) is 63.2 cm³/mol. The van der Waals surface area contributed by atoms with Crippen LogP contribution in [-0.4, -0.2) is 23.9 Å². The number of Topliss-reactive ketones (excluding diaryl/α,β-unsaturated/α-hetero) is 1. The van der Waals surface area contributed by atoms with Crippen molar-refractivity contribution in [2.75, 3.05) is 18.8 Å². The summed E-state index contributed by atoms with van der Waals surface area (Å²) in [6.45, 7) is 5.73. The molecule has 3 N–H and O–H groups in total. The van der Waals surface area contributed by atoms with Gasteiger partial charge in [-0.05, 0) is 37.6 Å². The SMILES string of the molecule is Cc1cnc(N)c(C(=O)C(C)C2CNC2)c1. The molecule has 0 saturated carbocycles. The molecule has 4 nitrogen and oxygen atoms in total. The van der Waals surface area contributed by atoms with Gasteiger partial charge in [0.05, 0.1) is 5.56 Å². The van der Waals surface area contributed by atoms with Crippen molar-refractivity contribution in [1.29, 1.82) is 0 Å². The number of carbonyl (C=O) groups is 1. The Bertz CT molecular complexity index is 413. The van der Waals surface area contributed by atoms with E-state index in [0.29, 0.717) is 17.3 Å². The van der Waals surface area contributed by atoms with Crippen LogP contribution < -0.4 is 11.1 Å². The first kappa shape index (κ1) is 11.1. The molecule has 1 saturated heterocycles. The summed E-state index contributed by atoms with van der Waals surface area (Å²) in [6, 6.07) is 1.83. The molecular weight excluding hydrogens is 202 g/mol. The van der Waals surface area contributed by atoms with E-state index in [2.05, 4.69) is 10.3 Å². The van der Waals surface area contributed by atoms with Crippen LogP contribution in [0.25, 0.3) is 0 Å². The summed E-state index contributed by atoms with van der Waals surface area (Å²) in [5, 5.41) is 3.18. The topological polar surface area (TPSA) is 68.0 Å². The first-order valence-corrected chi connectivity index (χ1v) is 5.56. The lowest BCUT2D eigenvalue weighted by atomic mass is 9.83. The van der Waals surface area contributed by atoms with Gasteiger partial charge in [-0.1, -0.05) is 6.92 Å². The molecule has 0 amide bonds. The van der Waals surface area contributed by atoms with Gasteiger partial charge >= 0.3 is 0 Å². The molecule has 1 aliphatic heterocycles. The van der Waals surface area contributed by atoms with Crippen LogP contribution in [0.3, 0.4) is 0 Å². The van der Waals surface area contributed by atoms with Crippen molar-refractivity contribution in [3.05, 3.63) is 23.4 Å². The molecule has 86 valence electrons. The lowest BCUT2D eigenvalue weighted by Crippen LogP contribution is -2.47. The number of rotatable bonds is 3. The van der Waals surface area contributed by atoms with E-state index >= 15 is 0 Å². The number of pyridine rings is 1. The molecule has 4 heteroatoms. The smallest absolute Gasteiger partial charge is 0.169 e. The molecule has 2 rings (SSSR count). The van der Waals surface area contributed by atoms with Gasteiger partial charge in [0, 0.05) is 12.1 Å². The van der Waals surface area contributed by atoms with E-state index in [-0.39, 0.29) is 11.7 Å². The zero-order valence-electron chi connectivity index (χ0n) is 9.66. The molecule has 2 heterocycles. The van der Waals surface area contributed by atoms with Crippen molar-refractivity contribution in [3.8, 4) is 0 Å². The van der Waals surface area contributed by atoms with Crippen LogP contribution in [0.1, 0.15) is 22.8 Å².